The molecule has 0 saturated heterocycles. The monoisotopic (exact) mass is 288 g/mol. The lowest BCUT2D eigenvalue weighted by molar-refractivity contribution is 0.579. The summed E-state index contributed by atoms with van der Waals surface area (Å²) in [5, 5.41) is 2.43. The zero-order valence-electron chi connectivity index (χ0n) is 9.35. The molecule has 8 heteroatoms. The lowest BCUT2D eigenvalue weighted by Gasteiger charge is -2.09. The number of rotatable bonds is 3. The molecule has 1 aromatic carbocycles. The SMILES string of the molecule is NNc1nc(Nc2ccc(Cl)c(F)c2)c(F)cc1F. The Morgan fingerprint density at radius 2 is 1.68 bits per heavy atom. The molecule has 100 valence electrons. The summed E-state index contributed by atoms with van der Waals surface area (Å²) in [5.41, 5.74) is 2.19. The predicted molar refractivity (Wildman–Crippen MR) is 66.7 cm³/mol. The Balaban J connectivity index is 2.34. The van der Waals surface area contributed by atoms with Gasteiger partial charge in [0.05, 0.1) is 5.02 Å². The number of nitrogens with two attached hydrogens (primary N) is 1. The number of benzene rings is 1. The zero-order valence-corrected chi connectivity index (χ0v) is 10.1. The van der Waals surface area contributed by atoms with Crippen LogP contribution in [0.15, 0.2) is 24.3 Å². The smallest absolute Gasteiger partial charge is 0.178 e. The van der Waals surface area contributed by atoms with Gasteiger partial charge in [-0.05, 0) is 18.2 Å². The molecule has 0 saturated carbocycles. The van der Waals surface area contributed by atoms with Crippen molar-refractivity contribution in [3.05, 3.63) is 46.7 Å². The van der Waals surface area contributed by atoms with Gasteiger partial charge in [-0.3, -0.25) is 0 Å². The second-order valence-electron chi connectivity index (χ2n) is 3.55. The van der Waals surface area contributed by atoms with Gasteiger partial charge in [-0.15, -0.1) is 0 Å². The lowest BCUT2D eigenvalue weighted by Crippen LogP contribution is -2.12. The molecule has 0 bridgehead atoms. The maximum absolute atomic E-state index is 13.5. The fourth-order valence-electron chi connectivity index (χ4n) is 1.37. The Hall–Kier alpha value is -1.99. The number of aromatic nitrogens is 1. The van der Waals surface area contributed by atoms with Gasteiger partial charge in [-0.2, -0.15) is 0 Å². The van der Waals surface area contributed by atoms with Gasteiger partial charge in [-0.1, -0.05) is 11.6 Å². The number of nitrogen functional groups attached to an aromatic ring is 1. The fourth-order valence-corrected chi connectivity index (χ4v) is 1.48. The van der Waals surface area contributed by atoms with Crippen LogP contribution >= 0.6 is 11.6 Å². The number of halogens is 4. The second kappa shape index (κ2) is 5.33. The summed E-state index contributed by atoms with van der Waals surface area (Å²) < 4.78 is 39.8. The quantitative estimate of drug-likeness (QED) is 0.599. The molecule has 1 heterocycles. The van der Waals surface area contributed by atoms with E-state index in [2.05, 4.69) is 10.3 Å². The number of pyridine rings is 1. The summed E-state index contributed by atoms with van der Waals surface area (Å²) in [6, 6.07) is 4.38. The van der Waals surface area contributed by atoms with Crippen molar-refractivity contribution in [3.63, 3.8) is 0 Å². The fraction of sp³-hybridized carbons (Fsp3) is 0. The number of nitrogens with zero attached hydrogens (tertiary/aromatic N) is 1. The molecule has 19 heavy (non-hydrogen) atoms. The molecule has 0 amide bonds. The zero-order chi connectivity index (χ0) is 14.0. The Morgan fingerprint density at radius 1 is 1.00 bits per heavy atom. The Labute approximate surface area is 111 Å². The van der Waals surface area contributed by atoms with Crippen molar-refractivity contribution in [2.24, 2.45) is 5.84 Å². The first-order valence-corrected chi connectivity index (χ1v) is 5.44. The minimum atomic E-state index is -0.938. The van der Waals surface area contributed by atoms with Gasteiger partial charge in [0.2, 0.25) is 0 Å². The maximum atomic E-state index is 13.5. The van der Waals surface area contributed by atoms with Crippen LogP contribution in [0.25, 0.3) is 0 Å². The molecule has 0 radical (unpaired) electrons. The molecule has 2 rings (SSSR count). The molecular formula is C11H8ClF3N4. The largest absolute Gasteiger partial charge is 0.338 e. The molecule has 0 aliphatic carbocycles. The third kappa shape index (κ3) is 2.88. The Kier molecular flexibility index (Phi) is 3.77. The van der Waals surface area contributed by atoms with E-state index in [0.717, 1.165) is 6.07 Å². The number of hydrogen-bond acceptors (Lipinski definition) is 4. The van der Waals surface area contributed by atoms with E-state index in [-0.39, 0.29) is 22.3 Å². The minimum absolute atomic E-state index is 0.0672. The summed E-state index contributed by atoms with van der Waals surface area (Å²) in [4.78, 5) is 3.59. The molecule has 1 aromatic heterocycles. The number of anilines is 3. The van der Waals surface area contributed by atoms with Crippen LogP contribution < -0.4 is 16.6 Å². The van der Waals surface area contributed by atoms with Gasteiger partial charge >= 0.3 is 0 Å². The van der Waals surface area contributed by atoms with Crippen molar-refractivity contribution in [1.29, 1.82) is 0 Å². The Bertz CT molecular complexity index is 621. The van der Waals surface area contributed by atoms with Crippen LogP contribution in [0.5, 0.6) is 0 Å². The molecule has 0 aliphatic heterocycles. The molecule has 2 aromatic rings. The molecule has 0 spiro atoms. The highest BCUT2D eigenvalue weighted by Gasteiger charge is 2.12. The van der Waals surface area contributed by atoms with E-state index in [1.54, 1.807) is 0 Å². The number of hydrogen-bond donors (Lipinski definition) is 3. The van der Waals surface area contributed by atoms with Crippen LogP contribution in [0.4, 0.5) is 30.5 Å². The van der Waals surface area contributed by atoms with E-state index in [1.165, 1.54) is 12.1 Å². The summed E-state index contributed by atoms with van der Waals surface area (Å²) in [5.74, 6) is 1.85. The highest BCUT2D eigenvalue weighted by molar-refractivity contribution is 6.30. The average molecular weight is 289 g/mol. The van der Waals surface area contributed by atoms with E-state index in [0.29, 0.717) is 6.07 Å². The highest BCUT2D eigenvalue weighted by Crippen LogP contribution is 2.24. The maximum Gasteiger partial charge on any atom is 0.178 e. The van der Waals surface area contributed by atoms with Crippen molar-refractivity contribution in [3.8, 4) is 0 Å². The van der Waals surface area contributed by atoms with Crippen LogP contribution in [0.3, 0.4) is 0 Å². The first kappa shape index (κ1) is 13.4. The van der Waals surface area contributed by atoms with Gasteiger partial charge in [-0.25, -0.2) is 24.0 Å². The van der Waals surface area contributed by atoms with Crippen molar-refractivity contribution >= 4 is 28.9 Å². The second-order valence-corrected chi connectivity index (χ2v) is 3.95. The van der Waals surface area contributed by atoms with Crippen LogP contribution in [0.1, 0.15) is 0 Å². The third-order valence-electron chi connectivity index (χ3n) is 2.25. The van der Waals surface area contributed by atoms with Crippen LogP contribution in [-0.2, 0) is 0 Å². The van der Waals surface area contributed by atoms with Gasteiger partial charge in [0.25, 0.3) is 0 Å². The molecule has 0 fully saturated rings. The van der Waals surface area contributed by atoms with E-state index in [9.17, 15) is 13.2 Å². The summed E-state index contributed by atoms with van der Waals surface area (Å²) in [6.45, 7) is 0. The molecule has 4 nitrogen and oxygen atoms in total. The minimum Gasteiger partial charge on any atom is -0.338 e. The van der Waals surface area contributed by atoms with Crippen molar-refractivity contribution < 1.29 is 13.2 Å². The van der Waals surface area contributed by atoms with Crippen molar-refractivity contribution in [2.45, 2.75) is 0 Å². The molecule has 0 atom stereocenters. The molecular weight excluding hydrogens is 281 g/mol. The van der Waals surface area contributed by atoms with E-state index >= 15 is 0 Å². The number of hydrazine groups is 1. The topological polar surface area (TPSA) is 63.0 Å². The first-order chi connectivity index (χ1) is 9.01. The van der Waals surface area contributed by atoms with Crippen LogP contribution in [-0.4, -0.2) is 4.98 Å². The molecule has 4 N–H and O–H groups in total. The van der Waals surface area contributed by atoms with E-state index in [1.807, 2.05) is 5.43 Å². The van der Waals surface area contributed by atoms with Gasteiger partial charge in [0.15, 0.2) is 23.3 Å². The average Bonchev–Trinajstić information content (AvgIpc) is 2.37. The van der Waals surface area contributed by atoms with Crippen LogP contribution in [0, 0.1) is 17.5 Å². The summed E-state index contributed by atoms with van der Waals surface area (Å²) in [7, 11) is 0. The Morgan fingerprint density at radius 3 is 2.32 bits per heavy atom. The molecule has 0 unspecified atom stereocenters. The van der Waals surface area contributed by atoms with Gasteiger partial charge < -0.3 is 10.7 Å². The first-order valence-electron chi connectivity index (χ1n) is 5.06. The lowest BCUT2D eigenvalue weighted by atomic mass is 10.3. The normalized spacial score (nSPS) is 10.4. The standard InChI is InChI=1S/C11H8ClF3N4/c12-6-2-1-5(3-7(6)13)17-10-8(14)4-9(15)11(18-10)19-16/h1-4H,16H2,(H2,17,18,19). The highest BCUT2D eigenvalue weighted by atomic mass is 35.5. The molecule has 0 aliphatic rings. The number of nitrogens with one attached hydrogen (secondary N) is 2. The van der Waals surface area contributed by atoms with E-state index < -0.39 is 17.5 Å². The third-order valence-corrected chi connectivity index (χ3v) is 2.56. The van der Waals surface area contributed by atoms with Crippen molar-refractivity contribution in [2.75, 3.05) is 10.7 Å². The van der Waals surface area contributed by atoms with Crippen molar-refractivity contribution in [1.82, 2.24) is 4.98 Å². The van der Waals surface area contributed by atoms with Gasteiger partial charge in [0, 0.05) is 11.8 Å². The van der Waals surface area contributed by atoms with Gasteiger partial charge in [0.1, 0.15) is 5.82 Å². The summed E-state index contributed by atoms with van der Waals surface area (Å²) in [6.07, 6.45) is 0. The van der Waals surface area contributed by atoms with E-state index in [4.69, 9.17) is 17.4 Å². The predicted octanol–water partition coefficient (Wildman–Crippen LogP) is 3.18. The summed E-state index contributed by atoms with van der Waals surface area (Å²) >= 11 is 5.51. The van der Waals surface area contributed by atoms with Crippen LogP contribution in [0.2, 0.25) is 5.02 Å².